The molecule has 0 aromatic carbocycles. The van der Waals surface area contributed by atoms with Crippen LogP contribution in [0.25, 0.3) is 11.2 Å². The number of aryl methyl sites for hydroxylation is 2. The summed E-state index contributed by atoms with van der Waals surface area (Å²) >= 11 is 5.61. The molecule has 0 unspecified atom stereocenters. The number of H-pyrrole nitrogens is 1. The SMILES string of the molecule is CCCc1nn(C)c2c1[nH]c(=S)n2CC1(CC)CCCC1. The van der Waals surface area contributed by atoms with Crippen molar-refractivity contribution < 1.29 is 0 Å². The molecule has 0 amide bonds. The second-order valence-electron chi connectivity index (χ2n) is 6.60. The fourth-order valence-corrected chi connectivity index (χ4v) is 4.17. The average molecular weight is 306 g/mol. The van der Waals surface area contributed by atoms with E-state index in [9.17, 15) is 0 Å². The Labute approximate surface area is 131 Å². The van der Waals surface area contributed by atoms with Gasteiger partial charge in [-0.2, -0.15) is 5.10 Å². The molecule has 4 nitrogen and oxygen atoms in total. The molecule has 0 saturated heterocycles. The number of imidazole rings is 1. The number of rotatable bonds is 5. The lowest BCUT2D eigenvalue weighted by Gasteiger charge is -2.28. The number of hydrogen-bond donors (Lipinski definition) is 1. The predicted molar refractivity (Wildman–Crippen MR) is 89.1 cm³/mol. The van der Waals surface area contributed by atoms with Gasteiger partial charge < -0.3 is 9.55 Å². The molecule has 2 aromatic heterocycles. The first-order valence-electron chi connectivity index (χ1n) is 8.24. The van der Waals surface area contributed by atoms with E-state index in [2.05, 4.69) is 28.5 Å². The number of nitrogens with one attached hydrogen (secondary N) is 1. The zero-order chi connectivity index (χ0) is 15.0. The van der Waals surface area contributed by atoms with Gasteiger partial charge in [0.25, 0.3) is 0 Å². The third-order valence-corrected chi connectivity index (χ3v) is 5.54. The largest absolute Gasteiger partial charge is 0.328 e. The van der Waals surface area contributed by atoms with Crippen molar-refractivity contribution in [2.45, 2.75) is 65.3 Å². The maximum atomic E-state index is 5.61. The first-order chi connectivity index (χ1) is 10.1. The van der Waals surface area contributed by atoms with Gasteiger partial charge in [0.05, 0.1) is 5.69 Å². The van der Waals surface area contributed by atoms with Gasteiger partial charge in [0.1, 0.15) is 5.52 Å². The van der Waals surface area contributed by atoms with E-state index in [0.29, 0.717) is 5.41 Å². The van der Waals surface area contributed by atoms with Crippen molar-refractivity contribution in [2.75, 3.05) is 0 Å². The Balaban J connectivity index is 2.06. The van der Waals surface area contributed by atoms with Crippen LogP contribution in [0.3, 0.4) is 0 Å². The molecule has 21 heavy (non-hydrogen) atoms. The van der Waals surface area contributed by atoms with Crippen LogP contribution in [0.4, 0.5) is 0 Å². The topological polar surface area (TPSA) is 38.5 Å². The standard InChI is InChI=1S/C16H26N4S/c1-4-8-12-13-14(19(3)18-12)20(15(21)17-13)11-16(5-2)9-6-7-10-16/h4-11H2,1-3H3,(H,17,21). The summed E-state index contributed by atoms with van der Waals surface area (Å²) in [5.74, 6) is 0. The molecule has 0 aliphatic heterocycles. The van der Waals surface area contributed by atoms with Crippen molar-refractivity contribution in [3.63, 3.8) is 0 Å². The average Bonchev–Trinajstić information content (AvgIpc) is 3.12. The summed E-state index contributed by atoms with van der Waals surface area (Å²) < 4.78 is 5.16. The van der Waals surface area contributed by atoms with Gasteiger partial charge in [-0.05, 0) is 43.3 Å². The highest BCUT2D eigenvalue weighted by molar-refractivity contribution is 7.71. The van der Waals surface area contributed by atoms with Crippen LogP contribution < -0.4 is 0 Å². The maximum absolute atomic E-state index is 5.61. The van der Waals surface area contributed by atoms with E-state index >= 15 is 0 Å². The second-order valence-corrected chi connectivity index (χ2v) is 6.98. The number of hydrogen-bond acceptors (Lipinski definition) is 2. The van der Waals surface area contributed by atoms with Crippen molar-refractivity contribution in [3.8, 4) is 0 Å². The molecule has 2 aromatic rings. The Hall–Kier alpha value is -1.10. The third kappa shape index (κ3) is 2.45. The van der Waals surface area contributed by atoms with Crippen molar-refractivity contribution in [1.82, 2.24) is 19.3 Å². The lowest BCUT2D eigenvalue weighted by Crippen LogP contribution is -2.23. The summed E-state index contributed by atoms with van der Waals surface area (Å²) in [6, 6.07) is 0. The van der Waals surface area contributed by atoms with E-state index in [4.69, 9.17) is 12.2 Å². The van der Waals surface area contributed by atoms with Gasteiger partial charge in [0, 0.05) is 13.6 Å². The summed E-state index contributed by atoms with van der Waals surface area (Å²) in [4.78, 5) is 3.41. The van der Waals surface area contributed by atoms with E-state index in [0.717, 1.165) is 35.4 Å². The first-order valence-corrected chi connectivity index (χ1v) is 8.65. The number of aromatic nitrogens is 4. The number of fused-ring (bicyclic) bond motifs is 1. The normalized spacial score (nSPS) is 17.9. The molecule has 1 saturated carbocycles. The highest BCUT2D eigenvalue weighted by Gasteiger charge is 2.33. The minimum Gasteiger partial charge on any atom is -0.328 e. The van der Waals surface area contributed by atoms with Crippen molar-refractivity contribution in [1.29, 1.82) is 0 Å². The Morgan fingerprint density at radius 1 is 1.29 bits per heavy atom. The van der Waals surface area contributed by atoms with Crippen molar-refractivity contribution >= 4 is 23.4 Å². The molecule has 5 heteroatoms. The Bertz CT molecular complexity index is 685. The van der Waals surface area contributed by atoms with E-state index in [1.165, 1.54) is 37.8 Å². The van der Waals surface area contributed by atoms with Gasteiger partial charge in [-0.25, -0.2) is 0 Å². The summed E-state index contributed by atoms with van der Waals surface area (Å²) in [5.41, 5.74) is 3.90. The lowest BCUT2D eigenvalue weighted by atomic mass is 9.83. The minimum absolute atomic E-state index is 0.433. The summed E-state index contributed by atoms with van der Waals surface area (Å²) in [6.45, 7) is 5.55. The van der Waals surface area contributed by atoms with Crippen LogP contribution in [0.5, 0.6) is 0 Å². The van der Waals surface area contributed by atoms with Crippen LogP contribution >= 0.6 is 12.2 Å². The molecule has 1 N–H and O–H groups in total. The van der Waals surface area contributed by atoms with Gasteiger partial charge >= 0.3 is 0 Å². The first kappa shape index (κ1) is 14.8. The van der Waals surface area contributed by atoms with Gasteiger partial charge in [-0.15, -0.1) is 0 Å². The predicted octanol–water partition coefficient (Wildman–Crippen LogP) is 4.36. The Kier molecular flexibility index (Phi) is 3.95. The van der Waals surface area contributed by atoms with Gasteiger partial charge in [-0.1, -0.05) is 33.1 Å². The lowest BCUT2D eigenvalue weighted by molar-refractivity contribution is 0.238. The molecule has 0 spiro atoms. The Morgan fingerprint density at radius 2 is 2.00 bits per heavy atom. The zero-order valence-electron chi connectivity index (χ0n) is 13.4. The van der Waals surface area contributed by atoms with Crippen molar-refractivity contribution in [2.24, 2.45) is 12.5 Å². The molecule has 1 aliphatic rings. The highest BCUT2D eigenvalue weighted by Crippen LogP contribution is 2.43. The van der Waals surface area contributed by atoms with Crippen LogP contribution in [0.15, 0.2) is 0 Å². The molecule has 3 rings (SSSR count). The quantitative estimate of drug-likeness (QED) is 0.834. The zero-order valence-corrected chi connectivity index (χ0v) is 14.2. The molecule has 2 heterocycles. The Morgan fingerprint density at radius 3 is 2.62 bits per heavy atom. The molecular formula is C16H26N4S. The van der Waals surface area contributed by atoms with E-state index < -0.39 is 0 Å². The molecule has 0 atom stereocenters. The van der Waals surface area contributed by atoms with Crippen LogP contribution in [0, 0.1) is 10.2 Å². The summed E-state index contributed by atoms with van der Waals surface area (Å²) in [7, 11) is 2.04. The van der Waals surface area contributed by atoms with Gasteiger partial charge in [0.15, 0.2) is 10.4 Å². The monoisotopic (exact) mass is 306 g/mol. The second kappa shape index (κ2) is 5.59. The van der Waals surface area contributed by atoms with E-state index in [1.807, 2.05) is 11.7 Å². The highest BCUT2D eigenvalue weighted by atomic mass is 32.1. The van der Waals surface area contributed by atoms with E-state index in [1.54, 1.807) is 0 Å². The smallest absolute Gasteiger partial charge is 0.179 e. The van der Waals surface area contributed by atoms with E-state index in [-0.39, 0.29) is 0 Å². The van der Waals surface area contributed by atoms with Crippen LogP contribution in [-0.4, -0.2) is 19.3 Å². The molecule has 116 valence electrons. The molecule has 0 bridgehead atoms. The fourth-order valence-electron chi connectivity index (χ4n) is 3.92. The van der Waals surface area contributed by atoms with Crippen molar-refractivity contribution in [3.05, 3.63) is 10.5 Å². The van der Waals surface area contributed by atoms with Gasteiger partial charge in [-0.3, -0.25) is 4.68 Å². The molecule has 1 aliphatic carbocycles. The molecule has 0 radical (unpaired) electrons. The third-order valence-electron chi connectivity index (χ3n) is 5.22. The summed E-state index contributed by atoms with van der Waals surface area (Å²) in [5, 5.41) is 4.68. The number of aromatic amines is 1. The van der Waals surface area contributed by atoms with Crippen LogP contribution in [0.2, 0.25) is 0 Å². The minimum atomic E-state index is 0.433. The van der Waals surface area contributed by atoms with Crippen LogP contribution in [0.1, 0.15) is 58.1 Å². The maximum Gasteiger partial charge on any atom is 0.179 e. The number of nitrogens with zero attached hydrogens (tertiary/aromatic N) is 3. The molecular weight excluding hydrogens is 280 g/mol. The van der Waals surface area contributed by atoms with Crippen LogP contribution in [-0.2, 0) is 20.0 Å². The summed E-state index contributed by atoms with van der Waals surface area (Å²) in [6.07, 6.45) is 8.74. The van der Waals surface area contributed by atoms with Gasteiger partial charge in [0.2, 0.25) is 0 Å². The fraction of sp³-hybridized carbons (Fsp3) is 0.750. The molecule has 1 fully saturated rings.